The summed E-state index contributed by atoms with van der Waals surface area (Å²) in [6.45, 7) is 14.0. The lowest BCUT2D eigenvalue weighted by Crippen LogP contribution is -2.46. The van der Waals surface area contributed by atoms with Crippen LogP contribution in [0.2, 0.25) is 6.04 Å². The highest BCUT2D eigenvalue weighted by atomic mass is 28.4. The first kappa shape index (κ1) is 25.0. The van der Waals surface area contributed by atoms with Crippen molar-refractivity contribution in [3.05, 3.63) is 12.7 Å². The second-order valence-electron chi connectivity index (χ2n) is 5.24. The molecule has 2 N–H and O–H groups in total. The fourth-order valence-electron chi connectivity index (χ4n) is 2.19. The molecule has 0 atom stereocenters. The van der Waals surface area contributed by atoms with Crippen molar-refractivity contribution in [2.45, 2.75) is 33.2 Å². The zero-order valence-electron chi connectivity index (χ0n) is 16.5. The first-order chi connectivity index (χ1) is 12.6. The largest absolute Gasteiger partial charge is 0.500 e. The maximum absolute atomic E-state index is 11.7. The monoisotopic (exact) mass is 392 g/mol. The lowest BCUT2D eigenvalue weighted by molar-refractivity contribution is 0.0603. The molecule has 0 aliphatic heterocycles. The fourth-order valence-corrected chi connectivity index (χ4v) is 4.81. The van der Waals surface area contributed by atoms with Crippen molar-refractivity contribution in [3.8, 4) is 0 Å². The molecule has 0 aromatic carbocycles. The number of nitrogens with one attached hydrogen (secondary N) is 2. The number of ether oxygens (including phenoxy) is 2. The van der Waals surface area contributed by atoms with Gasteiger partial charge in [0.15, 0.2) is 0 Å². The second kappa shape index (κ2) is 17.4. The summed E-state index contributed by atoms with van der Waals surface area (Å²) in [6, 6.07) is 0.462. The Morgan fingerprint density at radius 2 is 1.50 bits per heavy atom. The van der Waals surface area contributed by atoms with Crippen molar-refractivity contribution in [1.82, 2.24) is 10.6 Å². The Morgan fingerprint density at radius 3 is 2.08 bits per heavy atom. The fraction of sp³-hybridized carbons (Fsp3) is 0.824. The minimum absolute atomic E-state index is 0.215. The Morgan fingerprint density at radius 1 is 0.923 bits per heavy atom. The third-order valence-electron chi connectivity index (χ3n) is 3.18. The van der Waals surface area contributed by atoms with E-state index in [1.165, 1.54) is 0 Å². The van der Waals surface area contributed by atoms with E-state index in [1.54, 1.807) is 6.08 Å². The van der Waals surface area contributed by atoms with Crippen LogP contribution in [0.25, 0.3) is 0 Å². The summed E-state index contributed by atoms with van der Waals surface area (Å²) in [6.07, 6.45) is 2.42. The van der Waals surface area contributed by atoms with Gasteiger partial charge in [0, 0.05) is 39.0 Å². The van der Waals surface area contributed by atoms with Gasteiger partial charge in [0.1, 0.15) is 0 Å². The van der Waals surface area contributed by atoms with E-state index >= 15 is 0 Å². The first-order valence-electron chi connectivity index (χ1n) is 9.34. The summed E-state index contributed by atoms with van der Waals surface area (Å²) < 4.78 is 27.9. The maximum atomic E-state index is 11.7. The molecule has 0 saturated carbocycles. The Balaban J connectivity index is 3.79. The van der Waals surface area contributed by atoms with Crippen LogP contribution in [-0.4, -0.2) is 74.2 Å². The highest BCUT2D eigenvalue weighted by Crippen LogP contribution is 2.17. The van der Waals surface area contributed by atoms with E-state index < -0.39 is 8.80 Å². The van der Waals surface area contributed by atoms with Crippen LogP contribution in [0.3, 0.4) is 0 Å². The summed E-state index contributed by atoms with van der Waals surface area (Å²) in [7, 11) is -2.63. The second-order valence-corrected chi connectivity index (χ2v) is 7.98. The molecule has 0 unspecified atom stereocenters. The molecule has 0 heterocycles. The number of carbonyl (C=O) groups excluding carboxylic acids is 1. The average Bonchev–Trinajstić information content (AvgIpc) is 2.62. The molecule has 2 amide bonds. The van der Waals surface area contributed by atoms with Crippen LogP contribution in [0.1, 0.15) is 27.2 Å². The van der Waals surface area contributed by atoms with E-state index in [0.717, 1.165) is 6.42 Å². The van der Waals surface area contributed by atoms with Gasteiger partial charge in [-0.2, -0.15) is 0 Å². The quantitative estimate of drug-likeness (QED) is 0.211. The van der Waals surface area contributed by atoms with Crippen LogP contribution in [0, 0.1) is 0 Å². The van der Waals surface area contributed by atoms with Crippen molar-refractivity contribution in [1.29, 1.82) is 0 Å². The molecular weight excluding hydrogens is 356 g/mol. The minimum atomic E-state index is -2.63. The maximum Gasteiger partial charge on any atom is 0.500 e. The predicted molar refractivity (Wildman–Crippen MR) is 103 cm³/mol. The van der Waals surface area contributed by atoms with Gasteiger partial charge in [-0.05, 0) is 27.2 Å². The number of hydrogen-bond donors (Lipinski definition) is 2. The molecule has 26 heavy (non-hydrogen) atoms. The molecule has 0 aromatic rings. The zero-order valence-corrected chi connectivity index (χ0v) is 17.5. The highest BCUT2D eigenvalue weighted by Gasteiger charge is 2.39. The molecule has 9 heteroatoms. The van der Waals surface area contributed by atoms with Gasteiger partial charge in [0.05, 0.1) is 26.4 Å². The summed E-state index contributed by atoms with van der Waals surface area (Å²) in [5.74, 6) is 0. The van der Waals surface area contributed by atoms with E-state index in [9.17, 15) is 4.79 Å². The van der Waals surface area contributed by atoms with E-state index in [-0.39, 0.29) is 6.03 Å². The summed E-state index contributed by atoms with van der Waals surface area (Å²) >= 11 is 0. The summed E-state index contributed by atoms with van der Waals surface area (Å²) in [4.78, 5) is 11.7. The van der Waals surface area contributed by atoms with Crippen LogP contribution < -0.4 is 10.6 Å². The van der Waals surface area contributed by atoms with Crippen molar-refractivity contribution in [2.24, 2.45) is 0 Å². The van der Waals surface area contributed by atoms with Gasteiger partial charge >= 0.3 is 14.8 Å². The van der Waals surface area contributed by atoms with Crippen molar-refractivity contribution >= 4 is 14.8 Å². The van der Waals surface area contributed by atoms with Crippen molar-refractivity contribution in [3.63, 3.8) is 0 Å². The predicted octanol–water partition coefficient (Wildman–Crippen LogP) is 1.94. The van der Waals surface area contributed by atoms with Gasteiger partial charge in [-0.25, -0.2) is 4.79 Å². The zero-order chi connectivity index (χ0) is 19.5. The molecule has 0 radical (unpaired) electrons. The number of hydrogen-bond acceptors (Lipinski definition) is 6. The van der Waals surface area contributed by atoms with Crippen molar-refractivity contribution < 1.29 is 27.5 Å². The van der Waals surface area contributed by atoms with Crippen LogP contribution in [-0.2, 0) is 22.8 Å². The highest BCUT2D eigenvalue weighted by molar-refractivity contribution is 6.60. The third-order valence-corrected chi connectivity index (χ3v) is 6.33. The van der Waals surface area contributed by atoms with Gasteiger partial charge in [-0.1, -0.05) is 6.08 Å². The molecular formula is C17H36N2O6Si. The smallest absolute Gasteiger partial charge is 0.377 e. The molecule has 0 saturated heterocycles. The Bertz CT molecular complexity index is 343. The van der Waals surface area contributed by atoms with E-state index in [4.69, 9.17) is 22.8 Å². The standard InChI is InChI=1S/C17H36N2O6Si/c1-5-12-21-14-15-22-13-11-19-17(20)18-10-9-16-26(23-6-2,24-7-3)25-8-4/h5H,1,6-16H2,2-4H3,(H2,18,19,20). The van der Waals surface area contributed by atoms with Gasteiger partial charge in [0.2, 0.25) is 0 Å². The molecule has 0 rings (SSSR count). The van der Waals surface area contributed by atoms with E-state index in [1.807, 2.05) is 20.8 Å². The molecule has 8 nitrogen and oxygen atoms in total. The molecule has 0 aliphatic rings. The minimum Gasteiger partial charge on any atom is -0.377 e. The topological polar surface area (TPSA) is 87.3 Å². The summed E-state index contributed by atoms with van der Waals surface area (Å²) in [5.41, 5.74) is 0. The van der Waals surface area contributed by atoms with Gasteiger partial charge in [-0.3, -0.25) is 0 Å². The Hall–Kier alpha value is -0.973. The Kier molecular flexibility index (Phi) is 16.8. The van der Waals surface area contributed by atoms with Crippen LogP contribution in [0.4, 0.5) is 4.79 Å². The number of rotatable bonds is 18. The number of carbonyl (C=O) groups is 1. The molecule has 0 fully saturated rings. The van der Waals surface area contributed by atoms with Crippen LogP contribution in [0.15, 0.2) is 12.7 Å². The molecule has 0 spiro atoms. The normalized spacial score (nSPS) is 11.3. The SMILES string of the molecule is C=CCOCCOCCNC(=O)NCCC[Si](OCC)(OCC)OCC. The summed E-state index contributed by atoms with van der Waals surface area (Å²) in [5, 5.41) is 5.56. The van der Waals surface area contributed by atoms with Crippen molar-refractivity contribution in [2.75, 3.05) is 59.3 Å². The van der Waals surface area contributed by atoms with Gasteiger partial charge in [0.25, 0.3) is 0 Å². The molecule has 0 aliphatic carbocycles. The number of amides is 2. The molecule has 0 aromatic heterocycles. The molecule has 154 valence electrons. The van der Waals surface area contributed by atoms with Crippen LogP contribution >= 0.6 is 0 Å². The Labute approximate surface area is 158 Å². The first-order valence-corrected chi connectivity index (χ1v) is 11.3. The van der Waals surface area contributed by atoms with E-state index in [0.29, 0.717) is 65.4 Å². The van der Waals surface area contributed by atoms with Gasteiger partial charge in [-0.15, -0.1) is 6.58 Å². The van der Waals surface area contributed by atoms with Crippen LogP contribution in [0.5, 0.6) is 0 Å². The van der Waals surface area contributed by atoms with E-state index in [2.05, 4.69) is 17.2 Å². The van der Waals surface area contributed by atoms with Gasteiger partial charge < -0.3 is 33.4 Å². The lowest BCUT2D eigenvalue weighted by atomic mass is 10.5. The lowest BCUT2D eigenvalue weighted by Gasteiger charge is -2.28. The third kappa shape index (κ3) is 13.3. The number of urea groups is 1. The average molecular weight is 393 g/mol. The molecule has 0 bridgehead atoms.